The summed E-state index contributed by atoms with van der Waals surface area (Å²) in [6.45, 7) is 4.50. The van der Waals surface area contributed by atoms with E-state index in [2.05, 4.69) is 16.5 Å². The summed E-state index contributed by atoms with van der Waals surface area (Å²) in [6, 6.07) is 10.2. The molecule has 2 N–H and O–H groups in total. The van der Waals surface area contributed by atoms with Gasteiger partial charge in [-0.1, -0.05) is 0 Å². The molecule has 0 spiro atoms. The lowest BCUT2D eigenvalue weighted by Crippen LogP contribution is -2.39. The summed E-state index contributed by atoms with van der Waals surface area (Å²) in [5, 5.41) is 0. The minimum Gasteiger partial charge on any atom is -0.399 e. The van der Waals surface area contributed by atoms with Crippen molar-refractivity contribution < 1.29 is 9.53 Å². The van der Waals surface area contributed by atoms with Crippen molar-refractivity contribution in [3.05, 3.63) is 47.3 Å². The molecule has 0 aliphatic heterocycles. The number of ether oxygens (including phenoxy) is 1. The first-order valence-electron chi connectivity index (χ1n) is 9.71. The SMILES string of the molecule is COC1CCC(N(C)CC(=O)c2cc(C)n(-c3ccc(N)cc3)c2C)CC1. The number of ketones is 1. The van der Waals surface area contributed by atoms with Gasteiger partial charge in [-0.15, -0.1) is 0 Å². The molecule has 3 rings (SSSR count). The van der Waals surface area contributed by atoms with Gasteiger partial charge < -0.3 is 15.0 Å². The highest BCUT2D eigenvalue weighted by Gasteiger charge is 2.26. The Balaban J connectivity index is 1.72. The van der Waals surface area contributed by atoms with Gasteiger partial charge in [0, 0.05) is 41.5 Å². The molecule has 0 radical (unpaired) electrons. The van der Waals surface area contributed by atoms with Crippen LogP contribution in [0.15, 0.2) is 30.3 Å². The van der Waals surface area contributed by atoms with E-state index in [1.807, 2.05) is 44.2 Å². The van der Waals surface area contributed by atoms with Crippen molar-refractivity contribution in [3.63, 3.8) is 0 Å². The number of benzene rings is 1. The summed E-state index contributed by atoms with van der Waals surface area (Å²) in [5.74, 6) is 0.182. The summed E-state index contributed by atoms with van der Waals surface area (Å²) in [4.78, 5) is 15.2. The highest BCUT2D eigenvalue weighted by Crippen LogP contribution is 2.25. The molecule has 1 aliphatic carbocycles. The molecule has 1 aromatic heterocycles. The van der Waals surface area contributed by atoms with E-state index in [0.29, 0.717) is 18.7 Å². The van der Waals surface area contributed by atoms with Crippen LogP contribution in [-0.2, 0) is 4.74 Å². The zero-order valence-electron chi connectivity index (χ0n) is 16.9. The molecule has 1 fully saturated rings. The number of carbonyl (C=O) groups is 1. The number of methoxy groups -OCH3 is 1. The number of rotatable bonds is 6. The Morgan fingerprint density at radius 2 is 1.81 bits per heavy atom. The Bertz CT molecular complexity index is 787. The molecule has 5 nitrogen and oxygen atoms in total. The molecule has 27 heavy (non-hydrogen) atoms. The first-order chi connectivity index (χ1) is 12.9. The second kappa shape index (κ2) is 8.28. The summed E-state index contributed by atoms with van der Waals surface area (Å²) >= 11 is 0. The number of likely N-dealkylation sites (N-methyl/N-ethyl adjacent to an activating group) is 1. The lowest BCUT2D eigenvalue weighted by Gasteiger charge is -2.33. The molecule has 1 aliphatic rings. The molecule has 1 heterocycles. The number of anilines is 1. The lowest BCUT2D eigenvalue weighted by atomic mass is 9.92. The number of nitrogen functional groups attached to an aromatic ring is 1. The van der Waals surface area contributed by atoms with Crippen molar-refractivity contribution >= 4 is 11.5 Å². The third-order valence-electron chi connectivity index (χ3n) is 5.88. The van der Waals surface area contributed by atoms with Gasteiger partial charge in [-0.05, 0) is 76.9 Å². The Kier molecular flexibility index (Phi) is 6.02. The molecule has 1 aromatic carbocycles. The van der Waals surface area contributed by atoms with Gasteiger partial charge in [0.25, 0.3) is 0 Å². The predicted molar refractivity (Wildman–Crippen MR) is 110 cm³/mol. The fraction of sp³-hybridized carbons (Fsp3) is 0.500. The maximum absolute atomic E-state index is 13.0. The average Bonchev–Trinajstić information content (AvgIpc) is 2.97. The van der Waals surface area contributed by atoms with Crippen LogP contribution in [0.1, 0.15) is 47.4 Å². The van der Waals surface area contributed by atoms with Crippen molar-refractivity contribution in [2.24, 2.45) is 0 Å². The Morgan fingerprint density at radius 3 is 2.41 bits per heavy atom. The number of hydrogen-bond donors (Lipinski definition) is 1. The van der Waals surface area contributed by atoms with Gasteiger partial charge in [0.2, 0.25) is 0 Å². The standard InChI is InChI=1S/C22H31N3O2/c1-15-13-21(16(2)25(15)19-7-5-17(23)6-8-19)22(26)14-24(3)18-9-11-20(27-4)12-10-18/h5-8,13,18,20H,9-12,14,23H2,1-4H3. The van der Waals surface area contributed by atoms with Crippen LogP contribution in [0.4, 0.5) is 5.69 Å². The predicted octanol–water partition coefficient (Wildman–Crippen LogP) is 3.75. The van der Waals surface area contributed by atoms with Crippen LogP contribution in [0.2, 0.25) is 0 Å². The Hall–Kier alpha value is -2.11. The van der Waals surface area contributed by atoms with Crippen molar-refractivity contribution in [1.82, 2.24) is 9.47 Å². The van der Waals surface area contributed by atoms with E-state index in [0.717, 1.165) is 54.0 Å². The number of Topliss-reactive ketones (excluding diaryl/α,β-unsaturated/α-hetero) is 1. The summed E-state index contributed by atoms with van der Waals surface area (Å²) in [5.41, 5.74) is 10.4. The summed E-state index contributed by atoms with van der Waals surface area (Å²) in [7, 11) is 3.85. The van der Waals surface area contributed by atoms with Crippen LogP contribution in [0.3, 0.4) is 0 Å². The fourth-order valence-electron chi connectivity index (χ4n) is 4.23. The number of hydrogen-bond acceptors (Lipinski definition) is 4. The van der Waals surface area contributed by atoms with E-state index in [9.17, 15) is 4.79 Å². The van der Waals surface area contributed by atoms with Crippen LogP contribution in [0.5, 0.6) is 0 Å². The lowest BCUT2D eigenvalue weighted by molar-refractivity contribution is 0.0435. The van der Waals surface area contributed by atoms with Gasteiger partial charge in [-0.3, -0.25) is 9.69 Å². The number of nitrogens with zero attached hydrogens (tertiary/aromatic N) is 2. The fourth-order valence-corrected chi connectivity index (χ4v) is 4.23. The van der Waals surface area contributed by atoms with E-state index in [-0.39, 0.29) is 5.78 Å². The normalized spacial score (nSPS) is 20.2. The highest BCUT2D eigenvalue weighted by molar-refractivity contribution is 5.99. The maximum atomic E-state index is 13.0. The van der Waals surface area contributed by atoms with Crippen molar-refractivity contribution in [2.45, 2.75) is 51.7 Å². The molecule has 146 valence electrons. The first-order valence-corrected chi connectivity index (χ1v) is 9.71. The zero-order valence-corrected chi connectivity index (χ0v) is 16.9. The quantitative estimate of drug-likeness (QED) is 0.622. The van der Waals surface area contributed by atoms with Crippen LogP contribution < -0.4 is 5.73 Å². The van der Waals surface area contributed by atoms with Gasteiger partial charge in [0.15, 0.2) is 5.78 Å². The molecule has 0 unspecified atom stereocenters. The Labute approximate surface area is 162 Å². The van der Waals surface area contributed by atoms with Crippen LogP contribution in [0.25, 0.3) is 5.69 Å². The second-order valence-electron chi connectivity index (χ2n) is 7.72. The molecule has 0 bridgehead atoms. The van der Waals surface area contributed by atoms with Gasteiger partial charge in [-0.25, -0.2) is 0 Å². The van der Waals surface area contributed by atoms with Crippen LogP contribution >= 0.6 is 0 Å². The van der Waals surface area contributed by atoms with Crippen molar-refractivity contribution in [2.75, 3.05) is 26.4 Å². The maximum Gasteiger partial charge on any atom is 0.178 e. The molecular formula is C22H31N3O2. The first kappa shape index (κ1) is 19.6. The third-order valence-corrected chi connectivity index (χ3v) is 5.88. The monoisotopic (exact) mass is 369 g/mol. The Morgan fingerprint density at radius 1 is 1.19 bits per heavy atom. The average molecular weight is 370 g/mol. The molecule has 2 aromatic rings. The van der Waals surface area contributed by atoms with E-state index >= 15 is 0 Å². The van der Waals surface area contributed by atoms with E-state index < -0.39 is 0 Å². The van der Waals surface area contributed by atoms with Gasteiger partial charge in [0.05, 0.1) is 12.6 Å². The number of nitrogens with two attached hydrogens (primary N) is 1. The summed E-state index contributed by atoms with van der Waals surface area (Å²) in [6.07, 6.45) is 4.71. The largest absolute Gasteiger partial charge is 0.399 e. The molecular weight excluding hydrogens is 338 g/mol. The minimum absolute atomic E-state index is 0.182. The number of aromatic nitrogens is 1. The van der Waals surface area contributed by atoms with Gasteiger partial charge in [-0.2, -0.15) is 0 Å². The van der Waals surface area contributed by atoms with Crippen LogP contribution in [-0.4, -0.2) is 48.1 Å². The van der Waals surface area contributed by atoms with Crippen molar-refractivity contribution in [3.8, 4) is 5.69 Å². The van der Waals surface area contributed by atoms with Crippen molar-refractivity contribution in [1.29, 1.82) is 0 Å². The molecule has 0 amide bonds. The van der Waals surface area contributed by atoms with E-state index in [4.69, 9.17) is 10.5 Å². The van der Waals surface area contributed by atoms with Gasteiger partial charge in [0.1, 0.15) is 0 Å². The second-order valence-corrected chi connectivity index (χ2v) is 7.72. The number of aryl methyl sites for hydroxylation is 1. The smallest absolute Gasteiger partial charge is 0.178 e. The minimum atomic E-state index is 0.182. The van der Waals surface area contributed by atoms with Gasteiger partial charge >= 0.3 is 0 Å². The zero-order chi connectivity index (χ0) is 19.6. The summed E-state index contributed by atoms with van der Waals surface area (Å²) < 4.78 is 7.58. The van der Waals surface area contributed by atoms with Crippen LogP contribution in [0, 0.1) is 13.8 Å². The third kappa shape index (κ3) is 4.25. The molecule has 5 heteroatoms. The highest BCUT2D eigenvalue weighted by atomic mass is 16.5. The van der Waals surface area contributed by atoms with E-state index in [1.165, 1.54) is 0 Å². The molecule has 0 saturated heterocycles. The molecule has 0 atom stereocenters. The number of carbonyl (C=O) groups excluding carboxylic acids is 1. The van der Waals surface area contributed by atoms with E-state index in [1.54, 1.807) is 7.11 Å². The topological polar surface area (TPSA) is 60.5 Å². The molecule has 1 saturated carbocycles.